The van der Waals surface area contributed by atoms with E-state index < -0.39 is 6.61 Å². The molecule has 0 unspecified atom stereocenters. The second kappa shape index (κ2) is 11.4. The van der Waals surface area contributed by atoms with Gasteiger partial charge in [-0.1, -0.05) is 34.2 Å². The van der Waals surface area contributed by atoms with Gasteiger partial charge >= 0.3 is 6.61 Å². The van der Waals surface area contributed by atoms with Gasteiger partial charge in [0.2, 0.25) is 6.41 Å². The van der Waals surface area contributed by atoms with Gasteiger partial charge in [0, 0.05) is 10.9 Å². The molecule has 0 aliphatic rings. The zero-order chi connectivity index (χ0) is 18.7. The topological polar surface area (TPSA) is 51.1 Å². The van der Waals surface area contributed by atoms with E-state index in [1.54, 1.807) is 31.2 Å². The Labute approximate surface area is 153 Å². The summed E-state index contributed by atoms with van der Waals surface area (Å²) < 4.78 is 34.6. The number of amides is 1. The van der Waals surface area contributed by atoms with Gasteiger partial charge in [-0.3, -0.25) is 4.79 Å². The van der Waals surface area contributed by atoms with Gasteiger partial charge in [0.25, 0.3) is 0 Å². The highest BCUT2D eigenvalue weighted by Gasteiger charge is 2.13. The van der Waals surface area contributed by atoms with Crippen LogP contribution in [0.2, 0.25) is 0 Å². The highest BCUT2D eigenvalue weighted by Crippen LogP contribution is 2.30. The summed E-state index contributed by atoms with van der Waals surface area (Å²) in [4.78, 5) is 11.2. The highest BCUT2D eigenvalue weighted by molar-refractivity contribution is 9.09. The lowest BCUT2D eigenvalue weighted by Gasteiger charge is -2.14. The van der Waals surface area contributed by atoms with Crippen LogP contribution >= 0.6 is 15.9 Å². The van der Waals surface area contributed by atoms with Crippen LogP contribution in [0.4, 0.5) is 8.78 Å². The summed E-state index contributed by atoms with van der Waals surface area (Å²) in [7, 11) is 1.36. The first-order valence-corrected chi connectivity index (χ1v) is 8.45. The molecule has 1 amide bonds. The van der Waals surface area contributed by atoms with E-state index in [2.05, 4.69) is 25.8 Å². The Balaban J connectivity index is 3.22. The maximum atomic E-state index is 12.6. The van der Waals surface area contributed by atoms with E-state index in [-0.39, 0.29) is 18.0 Å². The molecule has 0 fully saturated rings. The van der Waals surface area contributed by atoms with Crippen LogP contribution in [0, 0.1) is 0 Å². The number of halogens is 3. The van der Waals surface area contributed by atoms with Gasteiger partial charge in [0.15, 0.2) is 11.5 Å². The van der Waals surface area contributed by atoms with Gasteiger partial charge in [-0.15, -0.1) is 0 Å². The number of carbonyl (C=O) groups is 1. The number of alkyl halides is 3. The largest absolute Gasteiger partial charge is 0.493 e. The van der Waals surface area contributed by atoms with E-state index in [9.17, 15) is 13.6 Å². The molecule has 0 N–H and O–H groups in total. The molecule has 0 radical (unpaired) electrons. The number of ether oxygens (including phenoxy) is 2. The lowest BCUT2D eigenvalue weighted by molar-refractivity contribution is -0.117. The molecule has 1 aromatic carbocycles. The molecular formula is C17H19BrF2N2O3. The lowest BCUT2D eigenvalue weighted by Crippen LogP contribution is -2.18. The minimum atomic E-state index is -2.98. The van der Waals surface area contributed by atoms with E-state index >= 15 is 0 Å². The van der Waals surface area contributed by atoms with Crippen molar-refractivity contribution in [3.63, 3.8) is 0 Å². The first-order chi connectivity index (χ1) is 12.0. The summed E-state index contributed by atoms with van der Waals surface area (Å²) in [6, 6.07) is 4.54. The molecule has 0 saturated heterocycles. The maximum Gasteiger partial charge on any atom is 0.387 e. The molecule has 0 atom stereocenters. The fourth-order valence-electron chi connectivity index (χ4n) is 1.86. The number of hydrogen-bond donors (Lipinski definition) is 0. The smallest absolute Gasteiger partial charge is 0.387 e. The van der Waals surface area contributed by atoms with E-state index in [4.69, 9.17) is 4.74 Å². The third-order valence-corrected chi connectivity index (χ3v) is 3.28. The predicted molar refractivity (Wildman–Crippen MR) is 96.7 cm³/mol. The van der Waals surface area contributed by atoms with Crippen LogP contribution in [0.25, 0.3) is 0 Å². The molecule has 1 aromatic rings. The van der Waals surface area contributed by atoms with Gasteiger partial charge < -0.3 is 9.47 Å². The van der Waals surface area contributed by atoms with Gasteiger partial charge in [0.1, 0.15) is 0 Å². The Morgan fingerprint density at radius 3 is 2.68 bits per heavy atom. The molecule has 1 rings (SSSR count). The van der Waals surface area contributed by atoms with Crippen molar-refractivity contribution in [3.05, 3.63) is 48.1 Å². The number of carbonyl (C=O) groups excluding carboxylic acids is 1. The first-order valence-electron chi connectivity index (χ1n) is 7.33. The number of methoxy groups -OCH3 is 1. The van der Waals surface area contributed by atoms with Crippen molar-refractivity contribution in [1.29, 1.82) is 0 Å². The summed E-state index contributed by atoms with van der Waals surface area (Å²) >= 11 is 3.25. The second-order valence-electron chi connectivity index (χ2n) is 4.58. The standard InChI is InChI=1S/C17H19BrF2N2O3/c1-3-6-14(21-22(12-23)10-5-4-9-18)13-7-8-15(24-2)16(11-13)25-17(19)20/h3-8,11-12,17H,9-10H2,1-2H3/b5-4+,6-3-,21-14+. The fourth-order valence-corrected chi connectivity index (χ4v) is 2.12. The summed E-state index contributed by atoms with van der Waals surface area (Å²) in [5.74, 6) is 0.0698. The molecular weight excluding hydrogens is 398 g/mol. The first kappa shape index (κ1) is 20.8. The molecule has 0 aromatic heterocycles. The Bertz CT molecular complexity index is 649. The van der Waals surface area contributed by atoms with Gasteiger partial charge in [-0.2, -0.15) is 13.9 Å². The number of rotatable bonds is 10. The SMILES string of the molecule is C/C=C\C(=N/N(C=O)C/C=C/CBr)c1ccc(OC)c(OC(F)F)c1. The van der Waals surface area contributed by atoms with Crippen molar-refractivity contribution in [1.82, 2.24) is 5.01 Å². The summed E-state index contributed by atoms with van der Waals surface area (Å²) in [5, 5.41) is 6.11. The molecule has 5 nitrogen and oxygen atoms in total. The third-order valence-electron chi connectivity index (χ3n) is 2.91. The van der Waals surface area contributed by atoms with Crippen LogP contribution in [0.15, 0.2) is 47.6 Å². The van der Waals surface area contributed by atoms with Crippen LogP contribution in [-0.2, 0) is 4.79 Å². The molecule has 136 valence electrons. The molecule has 0 bridgehead atoms. The quantitative estimate of drug-likeness (QED) is 0.190. The van der Waals surface area contributed by atoms with Gasteiger partial charge in [-0.05, 0) is 31.2 Å². The molecule has 0 aliphatic carbocycles. The van der Waals surface area contributed by atoms with Crippen molar-refractivity contribution in [2.24, 2.45) is 5.10 Å². The van der Waals surface area contributed by atoms with Crippen LogP contribution in [-0.4, -0.2) is 42.7 Å². The zero-order valence-corrected chi connectivity index (χ0v) is 15.4. The van der Waals surface area contributed by atoms with E-state index in [0.29, 0.717) is 23.0 Å². The molecule has 8 heteroatoms. The number of benzene rings is 1. The highest BCUT2D eigenvalue weighted by atomic mass is 79.9. The Morgan fingerprint density at radius 1 is 1.36 bits per heavy atom. The second-order valence-corrected chi connectivity index (χ2v) is 5.23. The lowest BCUT2D eigenvalue weighted by atomic mass is 10.1. The van der Waals surface area contributed by atoms with Crippen LogP contribution < -0.4 is 9.47 Å². The monoisotopic (exact) mass is 416 g/mol. The van der Waals surface area contributed by atoms with Crippen molar-refractivity contribution in [2.45, 2.75) is 13.5 Å². The molecule has 0 spiro atoms. The fraction of sp³-hybridized carbons (Fsp3) is 0.294. The van der Waals surface area contributed by atoms with Crippen LogP contribution in [0.1, 0.15) is 12.5 Å². The summed E-state index contributed by atoms with van der Waals surface area (Å²) in [6.45, 7) is -0.912. The minimum Gasteiger partial charge on any atom is -0.493 e. The predicted octanol–water partition coefficient (Wildman–Crippen LogP) is 3.99. The van der Waals surface area contributed by atoms with E-state index in [0.717, 1.165) is 0 Å². The van der Waals surface area contributed by atoms with Crippen molar-refractivity contribution < 1.29 is 23.0 Å². The Kier molecular flexibility index (Phi) is 9.46. The minimum absolute atomic E-state index is 0.107. The molecule has 0 saturated carbocycles. The number of nitrogens with zero attached hydrogens (tertiary/aromatic N) is 2. The third kappa shape index (κ3) is 7.04. The van der Waals surface area contributed by atoms with Gasteiger partial charge in [0.05, 0.1) is 19.4 Å². The average molecular weight is 417 g/mol. The summed E-state index contributed by atoms with van der Waals surface area (Å²) in [5.41, 5.74) is 0.925. The normalized spacial score (nSPS) is 12.2. The van der Waals surface area contributed by atoms with Crippen molar-refractivity contribution >= 4 is 28.1 Å². The van der Waals surface area contributed by atoms with Crippen LogP contribution in [0.3, 0.4) is 0 Å². The van der Waals surface area contributed by atoms with E-state index in [1.807, 2.05) is 6.08 Å². The number of hydrogen-bond acceptors (Lipinski definition) is 4. The molecule has 25 heavy (non-hydrogen) atoms. The molecule has 0 heterocycles. The Hall–Kier alpha value is -2.22. The average Bonchev–Trinajstić information content (AvgIpc) is 2.59. The van der Waals surface area contributed by atoms with Crippen molar-refractivity contribution in [2.75, 3.05) is 19.0 Å². The van der Waals surface area contributed by atoms with Crippen LogP contribution in [0.5, 0.6) is 11.5 Å². The summed E-state index contributed by atoms with van der Waals surface area (Å²) in [6.07, 6.45) is 7.59. The van der Waals surface area contributed by atoms with Crippen molar-refractivity contribution in [3.8, 4) is 11.5 Å². The maximum absolute atomic E-state index is 12.6. The molecule has 0 aliphatic heterocycles. The van der Waals surface area contributed by atoms with E-state index in [1.165, 1.54) is 24.3 Å². The number of hydrazone groups is 1. The zero-order valence-electron chi connectivity index (χ0n) is 13.9. The van der Waals surface area contributed by atoms with Gasteiger partial charge in [-0.25, -0.2) is 5.01 Å². The number of allylic oxidation sites excluding steroid dienone is 3. The Morgan fingerprint density at radius 2 is 2.12 bits per heavy atom.